The Kier molecular flexibility index (Phi) is 4.53. The van der Waals surface area contributed by atoms with Gasteiger partial charge in [0.2, 0.25) is 5.22 Å². The monoisotopic (exact) mass is 271 g/mol. The number of halogens is 1. The number of nitrogens with zero attached hydrogens (tertiary/aromatic N) is 2. The predicted molar refractivity (Wildman–Crippen MR) is 69.5 cm³/mol. The Balaban J connectivity index is 1.95. The molecule has 92 valence electrons. The zero-order chi connectivity index (χ0) is 12.1. The van der Waals surface area contributed by atoms with Gasteiger partial charge in [-0.25, -0.2) is 0 Å². The largest absolute Gasteiger partial charge is 0.452 e. The summed E-state index contributed by atoms with van der Waals surface area (Å²) in [5, 5.41) is 13.8. The molecule has 0 radical (unpaired) electrons. The van der Waals surface area contributed by atoms with Crippen LogP contribution in [0.25, 0.3) is 10.6 Å². The zero-order valence-corrected chi connectivity index (χ0v) is 11.1. The number of hydrogen-bond acceptors (Lipinski definition) is 5. The third-order valence-corrected chi connectivity index (χ3v) is 3.57. The van der Waals surface area contributed by atoms with Crippen LogP contribution < -0.4 is 5.32 Å². The number of rotatable bonds is 6. The Morgan fingerprint density at radius 1 is 1.41 bits per heavy atom. The fraction of sp³-hybridized carbons (Fsp3) is 0.455. The second-order valence-corrected chi connectivity index (χ2v) is 5.01. The van der Waals surface area contributed by atoms with E-state index in [1.165, 1.54) is 0 Å². The van der Waals surface area contributed by atoms with Crippen molar-refractivity contribution in [2.45, 2.75) is 19.8 Å². The van der Waals surface area contributed by atoms with E-state index in [4.69, 9.17) is 16.0 Å². The van der Waals surface area contributed by atoms with Crippen molar-refractivity contribution >= 4 is 22.9 Å². The fourth-order valence-electron chi connectivity index (χ4n) is 1.41. The summed E-state index contributed by atoms with van der Waals surface area (Å²) in [6.45, 7) is 4.12. The van der Waals surface area contributed by atoms with Gasteiger partial charge in [-0.3, -0.25) is 0 Å². The molecule has 0 aromatic carbocycles. The highest BCUT2D eigenvalue weighted by molar-refractivity contribution is 7.14. The normalized spacial score (nSPS) is 10.9. The Labute approximate surface area is 109 Å². The molecule has 1 N–H and O–H groups in total. The minimum Gasteiger partial charge on any atom is -0.452 e. The summed E-state index contributed by atoms with van der Waals surface area (Å²) in [4.78, 5) is 0. The van der Waals surface area contributed by atoms with Gasteiger partial charge in [0.1, 0.15) is 5.01 Å². The van der Waals surface area contributed by atoms with E-state index >= 15 is 0 Å². The van der Waals surface area contributed by atoms with Crippen LogP contribution in [-0.2, 0) is 6.42 Å². The van der Waals surface area contributed by atoms with Gasteiger partial charge in [-0.1, -0.05) is 18.3 Å². The molecule has 4 nitrogen and oxygen atoms in total. The lowest BCUT2D eigenvalue weighted by Crippen LogP contribution is -2.17. The molecule has 0 unspecified atom stereocenters. The molecule has 0 fully saturated rings. The molecule has 0 aliphatic rings. The van der Waals surface area contributed by atoms with Crippen LogP contribution in [0.5, 0.6) is 0 Å². The van der Waals surface area contributed by atoms with Gasteiger partial charge in [0, 0.05) is 13.0 Å². The number of aromatic nitrogens is 2. The first-order valence-electron chi connectivity index (χ1n) is 5.57. The number of nitrogens with one attached hydrogen (secondary N) is 1. The minimum absolute atomic E-state index is 0.372. The molecule has 2 rings (SSSR count). The molecule has 0 aliphatic carbocycles. The fourth-order valence-corrected chi connectivity index (χ4v) is 2.53. The third-order valence-electron chi connectivity index (χ3n) is 2.26. The van der Waals surface area contributed by atoms with Crippen molar-refractivity contribution in [1.29, 1.82) is 0 Å². The van der Waals surface area contributed by atoms with Gasteiger partial charge in [0.15, 0.2) is 5.01 Å². The van der Waals surface area contributed by atoms with Gasteiger partial charge < -0.3 is 9.73 Å². The topological polar surface area (TPSA) is 51.0 Å². The quantitative estimate of drug-likeness (QED) is 0.821. The molecule has 0 aliphatic heterocycles. The molecule has 0 bridgehead atoms. The van der Waals surface area contributed by atoms with Gasteiger partial charge in [-0.05, 0) is 30.6 Å². The molecule has 0 saturated heterocycles. The van der Waals surface area contributed by atoms with E-state index in [9.17, 15) is 0 Å². The molecule has 2 aromatic heterocycles. The van der Waals surface area contributed by atoms with E-state index in [-0.39, 0.29) is 0 Å². The Hall–Kier alpha value is -0.910. The summed E-state index contributed by atoms with van der Waals surface area (Å²) >= 11 is 7.45. The van der Waals surface area contributed by atoms with Crippen LogP contribution >= 0.6 is 22.9 Å². The molecule has 0 saturated carbocycles. The molecule has 2 heterocycles. The lowest BCUT2D eigenvalue weighted by Gasteiger charge is -1.98. The summed E-state index contributed by atoms with van der Waals surface area (Å²) in [5.41, 5.74) is 0.817. The highest BCUT2D eigenvalue weighted by Gasteiger charge is 2.11. The standard InChI is InChI=1S/C11H14ClN3OS/c1-2-5-13-6-3-9-14-15-11(17-9)8-4-7-16-10(8)12/h4,7,13H,2-3,5-6H2,1H3. The maximum absolute atomic E-state index is 5.89. The number of furan rings is 1. The zero-order valence-electron chi connectivity index (χ0n) is 9.57. The first kappa shape index (κ1) is 12.5. The Bertz CT molecular complexity index is 469. The van der Waals surface area contributed by atoms with E-state index in [2.05, 4.69) is 22.4 Å². The third kappa shape index (κ3) is 3.28. The molecule has 17 heavy (non-hydrogen) atoms. The smallest absolute Gasteiger partial charge is 0.203 e. The second-order valence-electron chi connectivity index (χ2n) is 3.61. The van der Waals surface area contributed by atoms with E-state index in [1.807, 2.05) is 6.07 Å². The highest BCUT2D eigenvalue weighted by atomic mass is 35.5. The van der Waals surface area contributed by atoms with Crippen molar-refractivity contribution in [1.82, 2.24) is 15.5 Å². The maximum Gasteiger partial charge on any atom is 0.203 e. The van der Waals surface area contributed by atoms with Crippen molar-refractivity contribution < 1.29 is 4.42 Å². The molecule has 0 amide bonds. The van der Waals surface area contributed by atoms with Crippen molar-refractivity contribution in [2.75, 3.05) is 13.1 Å². The van der Waals surface area contributed by atoms with Crippen LogP contribution in [0.4, 0.5) is 0 Å². The van der Waals surface area contributed by atoms with Gasteiger partial charge >= 0.3 is 0 Å². The first-order valence-corrected chi connectivity index (χ1v) is 6.77. The maximum atomic E-state index is 5.89. The molecular weight excluding hydrogens is 258 g/mol. The van der Waals surface area contributed by atoms with Crippen LogP contribution in [0.2, 0.25) is 5.22 Å². The van der Waals surface area contributed by atoms with E-state index in [0.717, 1.165) is 41.5 Å². The van der Waals surface area contributed by atoms with Crippen LogP contribution in [0.1, 0.15) is 18.4 Å². The second kappa shape index (κ2) is 6.14. The van der Waals surface area contributed by atoms with Gasteiger partial charge in [-0.2, -0.15) is 0 Å². The van der Waals surface area contributed by atoms with Crippen molar-refractivity contribution in [3.05, 3.63) is 22.6 Å². The molecule has 6 heteroatoms. The molecule has 0 spiro atoms. The molecule has 0 atom stereocenters. The predicted octanol–water partition coefficient (Wildman–Crippen LogP) is 2.99. The average molecular weight is 272 g/mol. The lowest BCUT2D eigenvalue weighted by atomic mass is 10.4. The van der Waals surface area contributed by atoms with Crippen molar-refractivity contribution in [3.63, 3.8) is 0 Å². The Morgan fingerprint density at radius 3 is 3.00 bits per heavy atom. The number of hydrogen-bond donors (Lipinski definition) is 1. The summed E-state index contributed by atoms with van der Waals surface area (Å²) in [5.74, 6) is 0. The van der Waals surface area contributed by atoms with Crippen molar-refractivity contribution in [3.8, 4) is 10.6 Å². The lowest BCUT2D eigenvalue weighted by molar-refractivity contribution is 0.570. The summed E-state index contributed by atoms with van der Waals surface area (Å²) in [7, 11) is 0. The summed E-state index contributed by atoms with van der Waals surface area (Å²) in [6.07, 6.45) is 3.60. The van der Waals surface area contributed by atoms with Gasteiger partial charge in [-0.15, -0.1) is 10.2 Å². The van der Waals surface area contributed by atoms with Crippen LogP contribution in [-0.4, -0.2) is 23.3 Å². The summed E-state index contributed by atoms with van der Waals surface area (Å²) in [6, 6.07) is 1.81. The average Bonchev–Trinajstić information content (AvgIpc) is 2.93. The molecule has 2 aromatic rings. The SMILES string of the molecule is CCCNCCc1nnc(-c2ccoc2Cl)s1. The van der Waals surface area contributed by atoms with E-state index in [0.29, 0.717) is 5.22 Å². The van der Waals surface area contributed by atoms with Gasteiger partial charge in [0.25, 0.3) is 0 Å². The van der Waals surface area contributed by atoms with Crippen LogP contribution in [0.15, 0.2) is 16.7 Å². The Morgan fingerprint density at radius 2 is 2.29 bits per heavy atom. The molecular formula is C11H14ClN3OS. The van der Waals surface area contributed by atoms with E-state index in [1.54, 1.807) is 17.6 Å². The first-order chi connectivity index (χ1) is 8.31. The van der Waals surface area contributed by atoms with Gasteiger partial charge in [0.05, 0.1) is 11.8 Å². The highest BCUT2D eigenvalue weighted by Crippen LogP contribution is 2.30. The minimum atomic E-state index is 0.372. The van der Waals surface area contributed by atoms with Crippen molar-refractivity contribution in [2.24, 2.45) is 0 Å². The van der Waals surface area contributed by atoms with Crippen LogP contribution in [0.3, 0.4) is 0 Å². The van der Waals surface area contributed by atoms with E-state index < -0.39 is 0 Å². The summed E-state index contributed by atoms with van der Waals surface area (Å²) < 4.78 is 5.03. The van der Waals surface area contributed by atoms with Crippen LogP contribution in [0, 0.1) is 0 Å².